The minimum absolute atomic E-state index is 0.121. The van der Waals surface area contributed by atoms with Gasteiger partial charge in [0, 0.05) is 31.2 Å². The van der Waals surface area contributed by atoms with Crippen LogP contribution in [0.5, 0.6) is 0 Å². The normalized spacial score (nSPS) is 10.4. The molecule has 27 heavy (non-hydrogen) atoms. The molecule has 2 aromatic carbocycles. The van der Waals surface area contributed by atoms with Crippen LogP contribution < -0.4 is 5.32 Å². The summed E-state index contributed by atoms with van der Waals surface area (Å²) in [7, 11) is 0. The molecule has 1 aromatic heterocycles. The first-order chi connectivity index (χ1) is 13.1. The van der Waals surface area contributed by atoms with E-state index in [0.717, 1.165) is 28.8 Å². The van der Waals surface area contributed by atoms with Crippen molar-refractivity contribution in [1.29, 1.82) is 0 Å². The Bertz CT molecular complexity index is 876. The number of hydrogen-bond acceptors (Lipinski definition) is 2. The van der Waals surface area contributed by atoms with Crippen molar-refractivity contribution >= 4 is 11.7 Å². The van der Waals surface area contributed by atoms with Crippen LogP contribution in [-0.4, -0.2) is 15.9 Å². The highest BCUT2D eigenvalue weighted by Crippen LogP contribution is 2.15. The lowest BCUT2D eigenvalue weighted by molar-refractivity contribution is 0.206. The van der Waals surface area contributed by atoms with Gasteiger partial charge in [-0.05, 0) is 53.8 Å². The molecule has 4 nitrogen and oxygen atoms in total. The Labute approximate surface area is 160 Å². The van der Waals surface area contributed by atoms with E-state index < -0.39 is 0 Å². The van der Waals surface area contributed by atoms with Crippen molar-refractivity contribution in [3.8, 4) is 0 Å². The van der Waals surface area contributed by atoms with Gasteiger partial charge in [0.1, 0.15) is 0 Å². The van der Waals surface area contributed by atoms with E-state index in [-0.39, 0.29) is 6.03 Å². The summed E-state index contributed by atoms with van der Waals surface area (Å²) in [5.74, 6) is 0. The Morgan fingerprint density at radius 3 is 2.37 bits per heavy atom. The molecule has 2 amide bonds. The van der Waals surface area contributed by atoms with Crippen LogP contribution in [0.25, 0.3) is 0 Å². The Hall–Kier alpha value is -3.14. The summed E-state index contributed by atoms with van der Waals surface area (Å²) >= 11 is 0. The summed E-state index contributed by atoms with van der Waals surface area (Å²) in [5, 5.41) is 3.01. The Morgan fingerprint density at radius 1 is 0.963 bits per heavy atom. The maximum atomic E-state index is 13.0. The number of pyridine rings is 1. The minimum Gasteiger partial charge on any atom is -0.316 e. The molecule has 0 radical (unpaired) electrons. The van der Waals surface area contributed by atoms with Gasteiger partial charge in [-0.25, -0.2) is 4.79 Å². The predicted octanol–water partition coefficient (Wildman–Crippen LogP) is 5.19. The van der Waals surface area contributed by atoms with E-state index in [0.29, 0.717) is 13.1 Å². The molecule has 1 N–H and O–H groups in total. The fourth-order valence-corrected chi connectivity index (χ4v) is 2.94. The lowest BCUT2D eigenvalue weighted by Gasteiger charge is -2.23. The van der Waals surface area contributed by atoms with Crippen LogP contribution in [0.15, 0.2) is 73.1 Å². The van der Waals surface area contributed by atoms with Gasteiger partial charge in [0.15, 0.2) is 0 Å². The molecule has 138 valence electrons. The molecule has 0 aliphatic heterocycles. The number of urea groups is 1. The molecule has 0 atom stereocenters. The largest absolute Gasteiger partial charge is 0.322 e. The molecule has 4 heteroatoms. The highest BCUT2D eigenvalue weighted by atomic mass is 16.2. The lowest BCUT2D eigenvalue weighted by atomic mass is 10.1. The molecule has 3 rings (SSSR count). The van der Waals surface area contributed by atoms with Crippen molar-refractivity contribution in [2.24, 2.45) is 0 Å². The zero-order chi connectivity index (χ0) is 19.1. The van der Waals surface area contributed by atoms with Gasteiger partial charge in [-0.3, -0.25) is 4.98 Å². The highest BCUT2D eigenvalue weighted by molar-refractivity contribution is 5.89. The predicted molar refractivity (Wildman–Crippen MR) is 110 cm³/mol. The van der Waals surface area contributed by atoms with Crippen molar-refractivity contribution in [1.82, 2.24) is 9.88 Å². The second kappa shape index (κ2) is 8.99. The number of amides is 2. The van der Waals surface area contributed by atoms with Crippen LogP contribution in [0, 0.1) is 6.92 Å². The topological polar surface area (TPSA) is 45.2 Å². The first-order valence-electron chi connectivity index (χ1n) is 9.23. The molecule has 0 spiro atoms. The van der Waals surface area contributed by atoms with E-state index in [4.69, 9.17) is 0 Å². The lowest BCUT2D eigenvalue weighted by Crippen LogP contribution is -2.34. The van der Waals surface area contributed by atoms with Crippen LogP contribution in [-0.2, 0) is 19.5 Å². The minimum atomic E-state index is -0.121. The number of rotatable bonds is 6. The number of aromatic nitrogens is 1. The zero-order valence-electron chi connectivity index (χ0n) is 15.9. The van der Waals surface area contributed by atoms with Gasteiger partial charge < -0.3 is 10.2 Å². The molecule has 0 fully saturated rings. The summed E-state index contributed by atoms with van der Waals surface area (Å²) in [5.41, 5.74) is 5.32. The number of anilines is 1. The van der Waals surface area contributed by atoms with Crippen LogP contribution >= 0.6 is 0 Å². The van der Waals surface area contributed by atoms with Gasteiger partial charge in [0.25, 0.3) is 0 Å². The summed E-state index contributed by atoms with van der Waals surface area (Å²) < 4.78 is 0. The molecule has 0 saturated carbocycles. The standard InChI is InChI=1S/C23H25N3O/c1-3-19-9-11-20(12-10-19)16-26(17-21-7-5-13-24-15-21)23(27)25-22-8-4-6-18(2)14-22/h4-15H,3,16-17H2,1-2H3,(H,25,27). The van der Waals surface area contributed by atoms with Crippen LogP contribution in [0.2, 0.25) is 0 Å². The van der Waals surface area contributed by atoms with Gasteiger partial charge in [-0.2, -0.15) is 0 Å². The molecular weight excluding hydrogens is 334 g/mol. The van der Waals surface area contributed by atoms with Gasteiger partial charge in [0.2, 0.25) is 0 Å². The fraction of sp³-hybridized carbons (Fsp3) is 0.217. The van der Waals surface area contributed by atoms with Crippen molar-refractivity contribution < 1.29 is 4.79 Å². The summed E-state index contributed by atoms with van der Waals surface area (Å²) in [6.45, 7) is 5.19. The van der Waals surface area contributed by atoms with Crippen LogP contribution in [0.4, 0.5) is 10.5 Å². The second-order valence-electron chi connectivity index (χ2n) is 6.69. The third kappa shape index (κ3) is 5.42. The summed E-state index contributed by atoms with van der Waals surface area (Å²) in [6.07, 6.45) is 4.55. The van der Waals surface area contributed by atoms with Crippen molar-refractivity contribution in [2.45, 2.75) is 33.4 Å². The SMILES string of the molecule is CCc1ccc(CN(Cc2cccnc2)C(=O)Nc2cccc(C)c2)cc1. The van der Waals surface area contributed by atoms with Gasteiger partial charge in [-0.1, -0.05) is 49.4 Å². The molecule has 0 bridgehead atoms. The molecule has 3 aromatic rings. The first kappa shape index (κ1) is 18.6. The quantitative estimate of drug-likeness (QED) is 0.658. The second-order valence-corrected chi connectivity index (χ2v) is 6.69. The average Bonchev–Trinajstić information content (AvgIpc) is 2.69. The maximum Gasteiger partial charge on any atom is 0.322 e. The van der Waals surface area contributed by atoms with E-state index in [1.54, 1.807) is 17.3 Å². The Morgan fingerprint density at radius 2 is 1.70 bits per heavy atom. The molecule has 0 aliphatic rings. The average molecular weight is 359 g/mol. The van der Waals surface area contributed by atoms with Gasteiger partial charge >= 0.3 is 6.03 Å². The third-order valence-electron chi connectivity index (χ3n) is 4.46. The van der Waals surface area contributed by atoms with Crippen molar-refractivity contribution in [3.05, 3.63) is 95.3 Å². The molecule has 0 aliphatic carbocycles. The van der Waals surface area contributed by atoms with Gasteiger partial charge in [-0.15, -0.1) is 0 Å². The maximum absolute atomic E-state index is 13.0. The number of carbonyl (C=O) groups is 1. The number of benzene rings is 2. The van der Waals surface area contributed by atoms with Crippen LogP contribution in [0.3, 0.4) is 0 Å². The monoisotopic (exact) mass is 359 g/mol. The molecule has 0 saturated heterocycles. The van der Waals surface area contributed by atoms with Crippen LogP contribution in [0.1, 0.15) is 29.2 Å². The van der Waals surface area contributed by atoms with E-state index >= 15 is 0 Å². The number of hydrogen-bond donors (Lipinski definition) is 1. The highest BCUT2D eigenvalue weighted by Gasteiger charge is 2.15. The fourth-order valence-electron chi connectivity index (χ4n) is 2.94. The smallest absolute Gasteiger partial charge is 0.316 e. The number of nitrogens with one attached hydrogen (secondary N) is 1. The van der Waals surface area contributed by atoms with Crippen molar-refractivity contribution in [2.75, 3.05) is 5.32 Å². The van der Waals surface area contributed by atoms with E-state index in [1.165, 1.54) is 5.56 Å². The number of carbonyl (C=O) groups excluding carboxylic acids is 1. The molecule has 0 unspecified atom stereocenters. The summed E-state index contributed by atoms with van der Waals surface area (Å²) in [4.78, 5) is 18.9. The number of aryl methyl sites for hydroxylation is 2. The van der Waals surface area contributed by atoms with Crippen molar-refractivity contribution in [3.63, 3.8) is 0 Å². The van der Waals surface area contributed by atoms with E-state index in [2.05, 4.69) is 41.5 Å². The Balaban J connectivity index is 1.78. The molecular formula is C23H25N3O. The van der Waals surface area contributed by atoms with E-state index in [1.807, 2.05) is 43.3 Å². The van der Waals surface area contributed by atoms with Gasteiger partial charge in [0.05, 0.1) is 0 Å². The molecule has 1 heterocycles. The summed E-state index contributed by atoms with van der Waals surface area (Å²) in [6, 6.07) is 20.0. The van der Waals surface area contributed by atoms with E-state index in [9.17, 15) is 4.79 Å². The Kier molecular flexibility index (Phi) is 6.21. The first-order valence-corrected chi connectivity index (χ1v) is 9.23. The zero-order valence-corrected chi connectivity index (χ0v) is 15.9. The third-order valence-corrected chi connectivity index (χ3v) is 4.46. The number of nitrogens with zero attached hydrogens (tertiary/aromatic N) is 2.